The molecular formula is C41H54IrNO2Si-. The maximum atomic E-state index is 11.8. The van der Waals surface area contributed by atoms with E-state index in [0.717, 1.165) is 29.6 Å². The van der Waals surface area contributed by atoms with Crippen molar-refractivity contribution in [1.29, 1.82) is 0 Å². The molecule has 1 aromatic heterocycles. The number of fused-ring (bicyclic) bond motifs is 1. The zero-order chi connectivity index (χ0) is 33.8. The van der Waals surface area contributed by atoms with Crippen molar-refractivity contribution in [3.63, 3.8) is 0 Å². The second kappa shape index (κ2) is 15.4. The molecule has 0 atom stereocenters. The smallest absolute Gasteiger partial charge is 0.164 e. The first-order chi connectivity index (χ1) is 20.8. The molecule has 5 heteroatoms. The minimum Gasteiger partial charge on any atom is -0.512 e. The van der Waals surface area contributed by atoms with Gasteiger partial charge < -0.3 is 5.11 Å². The number of pyridine rings is 1. The zero-order valence-corrected chi connectivity index (χ0v) is 33.5. The molecule has 3 aromatic carbocycles. The van der Waals surface area contributed by atoms with E-state index in [1.165, 1.54) is 33.3 Å². The molecule has 0 aliphatic carbocycles. The molecule has 4 aromatic rings. The van der Waals surface area contributed by atoms with Crippen LogP contribution in [0.1, 0.15) is 80.7 Å². The summed E-state index contributed by atoms with van der Waals surface area (Å²) in [7, 11) is -1.51. The van der Waals surface area contributed by atoms with Gasteiger partial charge in [-0.1, -0.05) is 136 Å². The predicted molar refractivity (Wildman–Crippen MR) is 197 cm³/mol. The van der Waals surface area contributed by atoms with Gasteiger partial charge in [-0.25, -0.2) is 0 Å². The summed E-state index contributed by atoms with van der Waals surface area (Å²) in [5.74, 6) is 0.195. The van der Waals surface area contributed by atoms with E-state index in [0.29, 0.717) is 0 Å². The van der Waals surface area contributed by atoms with Crippen molar-refractivity contribution in [2.45, 2.75) is 100 Å². The Morgan fingerprint density at radius 1 is 0.826 bits per heavy atom. The van der Waals surface area contributed by atoms with Gasteiger partial charge in [0.05, 0.1) is 13.6 Å². The molecule has 1 radical (unpaired) electrons. The minimum absolute atomic E-state index is 0. The van der Waals surface area contributed by atoms with Crippen LogP contribution in [0.25, 0.3) is 33.3 Å². The van der Waals surface area contributed by atoms with E-state index < -0.39 is 8.07 Å². The van der Waals surface area contributed by atoms with Gasteiger partial charge >= 0.3 is 0 Å². The Morgan fingerprint density at radius 2 is 1.43 bits per heavy atom. The molecule has 0 amide bonds. The average Bonchev–Trinajstić information content (AvgIpc) is 3.00. The summed E-state index contributed by atoms with van der Waals surface area (Å²) in [4.78, 5) is 16.9. The summed E-state index contributed by atoms with van der Waals surface area (Å²) in [6.45, 7) is 25.6. The number of carbonyl (C=O) groups excluding carboxylic acids is 1. The third kappa shape index (κ3) is 9.59. The second-order valence-corrected chi connectivity index (χ2v) is 20.5. The van der Waals surface area contributed by atoms with E-state index >= 15 is 0 Å². The van der Waals surface area contributed by atoms with Gasteiger partial charge in [-0.3, -0.25) is 9.78 Å². The standard InChI is InChI=1S/C28H30NSi.C13H24O2.Ir/c1-28(2,3)22-14-12-20(13-15-22)24-17-16-23-25(29-24)18-19-26(30(4,5)6)27(23)21-10-8-7-9-11-21;1-7-12(3,4)10(14)9-11(15)13(5,6)8-2;/h7-12,14-19H,1-6H3;9,14H,7-8H2,1-6H3;/q-1;;/b;10-9-;. The number of hydrogen-bond donors (Lipinski definition) is 1. The first kappa shape index (κ1) is 39.3. The molecule has 0 saturated carbocycles. The third-order valence-corrected chi connectivity index (χ3v) is 11.1. The van der Waals surface area contributed by atoms with Gasteiger partial charge in [0, 0.05) is 42.4 Å². The van der Waals surface area contributed by atoms with E-state index in [1.807, 2.05) is 41.5 Å². The van der Waals surface area contributed by atoms with E-state index in [9.17, 15) is 9.90 Å². The maximum Gasteiger partial charge on any atom is 0.164 e. The van der Waals surface area contributed by atoms with E-state index in [-0.39, 0.29) is 47.9 Å². The number of aliphatic hydroxyl groups excluding tert-OH is 1. The second-order valence-electron chi connectivity index (χ2n) is 15.5. The monoisotopic (exact) mass is 813 g/mol. The van der Waals surface area contributed by atoms with Crippen LogP contribution < -0.4 is 5.19 Å². The number of ketones is 1. The van der Waals surface area contributed by atoms with Crippen molar-refractivity contribution >= 4 is 29.9 Å². The Kier molecular flexibility index (Phi) is 13.1. The number of aromatic nitrogens is 1. The molecule has 0 aliphatic heterocycles. The Morgan fingerprint density at radius 3 is 1.93 bits per heavy atom. The number of hydrogen-bond acceptors (Lipinski definition) is 3. The molecule has 46 heavy (non-hydrogen) atoms. The Balaban J connectivity index is 0.000000394. The zero-order valence-electron chi connectivity index (χ0n) is 30.1. The van der Waals surface area contributed by atoms with Crippen LogP contribution in [0.15, 0.2) is 84.6 Å². The molecule has 0 spiro atoms. The van der Waals surface area contributed by atoms with Gasteiger partial charge in [0.2, 0.25) is 0 Å². The summed E-state index contributed by atoms with van der Waals surface area (Å²) < 4.78 is 0. The van der Waals surface area contributed by atoms with Crippen LogP contribution in [0.3, 0.4) is 0 Å². The Labute approximate surface area is 293 Å². The van der Waals surface area contributed by atoms with Crippen LogP contribution in [0, 0.1) is 16.9 Å². The molecule has 3 nitrogen and oxygen atoms in total. The van der Waals surface area contributed by atoms with Gasteiger partial charge in [0.25, 0.3) is 0 Å². The first-order valence-corrected chi connectivity index (χ1v) is 19.8. The van der Waals surface area contributed by atoms with Gasteiger partial charge in [0.15, 0.2) is 5.78 Å². The van der Waals surface area contributed by atoms with Gasteiger partial charge in [-0.15, -0.1) is 35.4 Å². The number of benzene rings is 3. The van der Waals surface area contributed by atoms with E-state index in [1.54, 1.807) is 0 Å². The molecular weight excluding hydrogens is 759 g/mol. The molecule has 4 rings (SSSR count). The van der Waals surface area contributed by atoms with Crippen molar-refractivity contribution < 1.29 is 30.0 Å². The molecule has 1 heterocycles. The first-order valence-electron chi connectivity index (χ1n) is 16.3. The fraction of sp³-hybridized carbons (Fsp3) is 0.415. The summed E-state index contributed by atoms with van der Waals surface area (Å²) in [6, 6.07) is 29.5. The van der Waals surface area contributed by atoms with Gasteiger partial charge in [0.1, 0.15) is 5.76 Å². The van der Waals surface area contributed by atoms with Crippen LogP contribution in [0.4, 0.5) is 0 Å². The third-order valence-electron chi connectivity index (χ3n) is 9.09. The molecule has 0 fully saturated rings. The molecule has 0 bridgehead atoms. The topological polar surface area (TPSA) is 50.2 Å². The number of carbonyl (C=O) groups is 1. The van der Waals surface area contributed by atoms with Crippen LogP contribution in [0.2, 0.25) is 19.6 Å². The average molecular weight is 813 g/mol. The molecule has 1 N–H and O–H groups in total. The van der Waals surface area contributed by atoms with Crippen molar-refractivity contribution in [1.82, 2.24) is 4.98 Å². The van der Waals surface area contributed by atoms with Crippen molar-refractivity contribution in [3.05, 3.63) is 96.3 Å². The fourth-order valence-corrected chi connectivity index (χ4v) is 6.43. The van der Waals surface area contributed by atoms with Crippen molar-refractivity contribution in [2.75, 3.05) is 0 Å². The summed E-state index contributed by atoms with van der Waals surface area (Å²) in [5.41, 5.74) is 6.42. The fourth-order valence-electron chi connectivity index (χ4n) is 4.82. The Bertz CT molecular complexity index is 1640. The van der Waals surface area contributed by atoms with Gasteiger partial charge in [-0.05, 0) is 41.1 Å². The quantitative estimate of drug-likeness (QED) is 0.0834. The maximum absolute atomic E-state index is 11.8. The van der Waals surface area contributed by atoms with E-state index in [2.05, 4.69) is 119 Å². The molecule has 0 aliphatic rings. The summed E-state index contributed by atoms with van der Waals surface area (Å²) in [5, 5.41) is 12.6. The molecule has 0 saturated heterocycles. The van der Waals surface area contributed by atoms with Crippen LogP contribution in [-0.4, -0.2) is 23.9 Å². The molecule has 249 valence electrons. The normalized spacial score (nSPS) is 12.7. The van der Waals surface area contributed by atoms with Crippen LogP contribution in [-0.2, 0) is 30.3 Å². The molecule has 0 unspecified atom stereocenters. The van der Waals surface area contributed by atoms with Crippen molar-refractivity contribution in [2.24, 2.45) is 10.8 Å². The number of nitrogens with zero attached hydrogens (tertiary/aromatic N) is 1. The van der Waals surface area contributed by atoms with Gasteiger partial charge in [-0.2, -0.15) is 0 Å². The predicted octanol–water partition coefficient (Wildman–Crippen LogP) is 11.1. The van der Waals surface area contributed by atoms with Crippen molar-refractivity contribution in [3.8, 4) is 22.4 Å². The summed E-state index contributed by atoms with van der Waals surface area (Å²) >= 11 is 0. The Hall–Kier alpha value is -2.85. The van der Waals surface area contributed by atoms with E-state index in [4.69, 9.17) is 4.98 Å². The largest absolute Gasteiger partial charge is 0.512 e. The summed E-state index contributed by atoms with van der Waals surface area (Å²) in [6.07, 6.45) is 2.99. The number of rotatable bonds is 8. The number of aliphatic hydroxyl groups is 1. The minimum atomic E-state index is -1.51. The SMILES string of the molecule is CC(C)(C)c1c[c-]c(-c2ccc3c(-c4ccccc4)c([Si](C)(C)C)ccc3n2)cc1.CCC(C)(C)C(=O)/C=C(\O)C(C)(C)CC.[Ir]. The van der Waals surface area contributed by atoms with Crippen LogP contribution in [0.5, 0.6) is 0 Å². The van der Waals surface area contributed by atoms with Crippen LogP contribution >= 0.6 is 0 Å². The number of allylic oxidation sites excluding steroid dienone is 2.